The molecule has 23 heavy (non-hydrogen) atoms. The van der Waals surface area contributed by atoms with Gasteiger partial charge >= 0.3 is 0 Å². The predicted molar refractivity (Wildman–Crippen MR) is 90.7 cm³/mol. The number of rotatable bonds is 6. The summed E-state index contributed by atoms with van der Waals surface area (Å²) >= 11 is 5.88. The Labute approximate surface area is 142 Å². The van der Waals surface area contributed by atoms with Crippen molar-refractivity contribution in [2.45, 2.75) is 38.6 Å². The van der Waals surface area contributed by atoms with Gasteiger partial charge in [-0.15, -0.1) is 0 Å². The van der Waals surface area contributed by atoms with Crippen LogP contribution >= 0.6 is 11.6 Å². The summed E-state index contributed by atoms with van der Waals surface area (Å²) in [4.78, 5) is 12.0. The Balaban J connectivity index is 1.73. The number of sulfone groups is 1. The molecule has 1 amide bonds. The molecule has 1 unspecified atom stereocenters. The fourth-order valence-electron chi connectivity index (χ4n) is 2.70. The van der Waals surface area contributed by atoms with Gasteiger partial charge in [0.15, 0.2) is 9.84 Å². The summed E-state index contributed by atoms with van der Waals surface area (Å²) in [5, 5.41) is 3.50. The molecule has 0 spiro atoms. The maximum atomic E-state index is 12.0. The van der Waals surface area contributed by atoms with Crippen LogP contribution in [0.3, 0.4) is 0 Å². The van der Waals surface area contributed by atoms with Crippen molar-refractivity contribution in [3.8, 4) is 5.75 Å². The van der Waals surface area contributed by atoms with Crippen LogP contribution in [0.25, 0.3) is 0 Å². The highest BCUT2D eigenvalue weighted by molar-refractivity contribution is 7.91. The van der Waals surface area contributed by atoms with E-state index in [2.05, 4.69) is 5.32 Å². The summed E-state index contributed by atoms with van der Waals surface area (Å²) < 4.78 is 28.7. The summed E-state index contributed by atoms with van der Waals surface area (Å²) in [6.07, 6.45) is 1.35. The van der Waals surface area contributed by atoms with E-state index in [9.17, 15) is 13.2 Å². The third kappa shape index (κ3) is 5.39. The lowest BCUT2D eigenvalue weighted by molar-refractivity contribution is -0.122. The van der Waals surface area contributed by atoms with Crippen molar-refractivity contribution in [2.24, 2.45) is 0 Å². The molecule has 1 saturated heterocycles. The maximum absolute atomic E-state index is 12.0. The van der Waals surface area contributed by atoms with Gasteiger partial charge in [-0.3, -0.25) is 4.79 Å². The zero-order valence-electron chi connectivity index (χ0n) is 13.4. The Morgan fingerprint density at radius 2 is 2.17 bits per heavy atom. The van der Waals surface area contributed by atoms with E-state index in [1.165, 1.54) is 0 Å². The van der Waals surface area contributed by atoms with Crippen LogP contribution in [0, 0.1) is 6.92 Å². The topological polar surface area (TPSA) is 72.5 Å². The number of carbonyl (C=O) groups excluding carboxylic acids is 1. The molecule has 0 saturated carbocycles. The van der Waals surface area contributed by atoms with E-state index in [-0.39, 0.29) is 17.4 Å². The van der Waals surface area contributed by atoms with E-state index in [1.807, 2.05) is 19.1 Å². The molecule has 2 rings (SSSR count). The van der Waals surface area contributed by atoms with Crippen LogP contribution in [0.5, 0.6) is 5.75 Å². The average molecular weight is 360 g/mol. The molecule has 0 radical (unpaired) electrons. The SMILES string of the molecule is Cc1cc(Cl)ccc1OCCCC(=O)NC1(C)CCS(=O)(=O)C1. The van der Waals surface area contributed by atoms with E-state index >= 15 is 0 Å². The van der Waals surface area contributed by atoms with Crippen LogP contribution < -0.4 is 10.1 Å². The van der Waals surface area contributed by atoms with Crippen molar-refractivity contribution in [1.82, 2.24) is 5.32 Å². The second kappa shape index (κ2) is 7.09. The van der Waals surface area contributed by atoms with Gasteiger partial charge in [0.1, 0.15) is 5.75 Å². The van der Waals surface area contributed by atoms with E-state index in [0.29, 0.717) is 30.9 Å². The molecule has 1 N–H and O–H groups in total. The number of ether oxygens (including phenoxy) is 1. The van der Waals surface area contributed by atoms with Gasteiger partial charge in [-0.05, 0) is 50.5 Å². The van der Waals surface area contributed by atoms with Crippen LogP contribution in [-0.4, -0.2) is 38.0 Å². The van der Waals surface area contributed by atoms with Gasteiger partial charge in [0.25, 0.3) is 0 Å². The summed E-state index contributed by atoms with van der Waals surface area (Å²) in [6.45, 7) is 4.11. The summed E-state index contributed by atoms with van der Waals surface area (Å²) in [5.41, 5.74) is 0.314. The standard InChI is InChI=1S/C16H22ClNO4S/c1-12-10-13(17)5-6-14(12)22-8-3-4-15(19)18-16(2)7-9-23(20,21)11-16/h5-6,10H,3-4,7-9,11H2,1-2H3,(H,18,19). The fraction of sp³-hybridized carbons (Fsp3) is 0.562. The second-order valence-electron chi connectivity index (χ2n) is 6.31. The predicted octanol–water partition coefficient (Wildman–Crippen LogP) is 2.50. The van der Waals surface area contributed by atoms with E-state index in [0.717, 1.165) is 11.3 Å². The van der Waals surface area contributed by atoms with Gasteiger partial charge in [0.05, 0.1) is 23.7 Å². The van der Waals surface area contributed by atoms with Gasteiger partial charge in [0, 0.05) is 11.4 Å². The number of carbonyl (C=O) groups is 1. The first-order chi connectivity index (χ1) is 10.7. The molecule has 0 aromatic heterocycles. The van der Waals surface area contributed by atoms with Gasteiger partial charge in [-0.25, -0.2) is 8.42 Å². The number of benzene rings is 1. The van der Waals surface area contributed by atoms with Crippen LogP contribution in [0.4, 0.5) is 0 Å². The van der Waals surface area contributed by atoms with Gasteiger partial charge < -0.3 is 10.1 Å². The lowest BCUT2D eigenvalue weighted by Crippen LogP contribution is -2.46. The van der Waals surface area contributed by atoms with Crippen LogP contribution in [0.15, 0.2) is 18.2 Å². The molecule has 1 aromatic carbocycles. The molecule has 1 atom stereocenters. The Bertz CT molecular complexity index is 689. The molecule has 7 heteroatoms. The highest BCUT2D eigenvalue weighted by Gasteiger charge is 2.39. The number of hydrogen-bond acceptors (Lipinski definition) is 4. The summed E-state index contributed by atoms with van der Waals surface area (Å²) in [7, 11) is -3.02. The third-order valence-electron chi connectivity index (χ3n) is 3.89. The first kappa shape index (κ1) is 18.1. The highest BCUT2D eigenvalue weighted by atomic mass is 35.5. The van der Waals surface area contributed by atoms with E-state index in [1.54, 1.807) is 13.0 Å². The number of hydrogen-bond donors (Lipinski definition) is 1. The lowest BCUT2D eigenvalue weighted by atomic mass is 10.0. The number of aryl methyl sites for hydroxylation is 1. The Kier molecular flexibility index (Phi) is 5.57. The van der Waals surface area contributed by atoms with Gasteiger partial charge in [-0.1, -0.05) is 11.6 Å². The average Bonchev–Trinajstić information content (AvgIpc) is 2.70. The van der Waals surface area contributed by atoms with Crippen molar-refractivity contribution in [3.63, 3.8) is 0 Å². The first-order valence-electron chi connectivity index (χ1n) is 7.60. The number of amides is 1. The second-order valence-corrected chi connectivity index (χ2v) is 8.93. The Morgan fingerprint density at radius 3 is 2.78 bits per heavy atom. The zero-order valence-corrected chi connectivity index (χ0v) is 15.0. The molecular formula is C16H22ClNO4S. The smallest absolute Gasteiger partial charge is 0.220 e. The Morgan fingerprint density at radius 1 is 1.43 bits per heavy atom. The molecule has 1 fully saturated rings. The zero-order chi connectivity index (χ0) is 17.1. The first-order valence-corrected chi connectivity index (χ1v) is 9.79. The maximum Gasteiger partial charge on any atom is 0.220 e. The monoisotopic (exact) mass is 359 g/mol. The molecular weight excluding hydrogens is 338 g/mol. The largest absolute Gasteiger partial charge is 0.493 e. The quantitative estimate of drug-likeness (QED) is 0.792. The minimum absolute atomic E-state index is 0.0200. The molecule has 1 aromatic rings. The number of nitrogens with one attached hydrogen (secondary N) is 1. The molecule has 1 heterocycles. The van der Waals surface area contributed by atoms with Crippen LogP contribution in [0.1, 0.15) is 31.7 Å². The minimum Gasteiger partial charge on any atom is -0.493 e. The highest BCUT2D eigenvalue weighted by Crippen LogP contribution is 2.23. The molecule has 1 aliphatic rings. The van der Waals surface area contributed by atoms with Crippen molar-refractivity contribution < 1.29 is 17.9 Å². The van der Waals surface area contributed by atoms with Crippen molar-refractivity contribution >= 4 is 27.3 Å². The summed E-state index contributed by atoms with van der Waals surface area (Å²) in [6, 6.07) is 5.39. The molecule has 128 valence electrons. The van der Waals surface area contributed by atoms with E-state index in [4.69, 9.17) is 16.3 Å². The Hall–Kier alpha value is -1.27. The van der Waals surface area contributed by atoms with Crippen LogP contribution in [-0.2, 0) is 14.6 Å². The minimum atomic E-state index is -3.02. The summed E-state index contributed by atoms with van der Waals surface area (Å²) in [5.74, 6) is 0.777. The normalized spacial score (nSPS) is 22.7. The third-order valence-corrected chi connectivity index (χ3v) is 6.03. The van der Waals surface area contributed by atoms with Crippen LogP contribution in [0.2, 0.25) is 5.02 Å². The van der Waals surface area contributed by atoms with Crippen molar-refractivity contribution in [1.29, 1.82) is 0 Å². The molecule has 5 nitrogen and oxygen atoms in total. The molecule has 0 aliphatic carbocycles. The van der Waals surface area contributed by atoms with E-state index < -0.39 is 15.4 Å². The van der Waals surface area contributed by atoms with Crippen molar-refractivity contribution in [2.75, 3.05) is 18.1 Å². The molecule has 1 aliphatic heterocycles. The van der Waals surface area contributed by atoms with Gasteiger partial charge in [-0.2, -0.15) is 0 Å². The number of halogens is 1. The lowest BCUT2D eigenvalue weighted by Gasteiger charge is -2.23. The fourth-order valence-corrected chi connectivity index (χ4v) is 5.02. The molecule has 0 bridgehead atoms. The van der Waals surface area contributed by atoms with Crippen molar-refractivity contribution in [3.05, 3.63) is 28.8 Å². The van der Waals surface area contributed by atoms with Gasteiger partial charge in [0.2, 0.25) is 5.91 Å².